The normalized spacial score (nSPS) is 16.9. The van der Waals surface area contributed by atoms with E-state index in [0.29, 0.717) is 18.3 Å². The molecule has 0 N–H and O–H groups in total. The molecule has 178 valence electrons. The van der Waals surface area contributed by atoms with Crippen molar-refractivity contribution in [3.63, 3.8) is 0 Å². The highest BCUT2D eigenvalue weighted by Gasteiger charge is 2.32. The van der Waals surface area contributed by atoms with Crippen molar-refractivity contribution in [1.29, 1.82) is 0 Å². The molecule has 1 fully saturated rings. The van der Waals surface area contributed by atoms with Gasteiger partial charge in [0.05, 0.1) is 22.8 Å². The third-order valence-electron chi connectivity index (χ3n) is 5.92. The lowest BCUT2D eigenvalue weighted by Gasteiger charge is -2.32. The average Bonchev–Trinajstić information content (AvgIpc) is 2.83. The van der Waals surface area contributed by atoms with Crippen molar-refractivity contribution in [1.82, 2.24) is 9.29 Å². The fourth-order valence-corrected chi connectivity index (χ4v) is 5.88. The van der Waals surface area contributed by atoms with Crippen LogP contribution >= 0.6 is 0 Å². The number of halogens is 2. The number of anilines is 1. The predicted octanol–water partition coefficient (Wildman–Crippen LogP) is 4.77. The van der Waals surface area contributed by atoms with Crippen LogP contribution in [0.25, 0.3) is 0 Å². The highest BCUT2D eigenvalue weighted by Crippen LogP contribution is 2.28. The number of piperidine rings is 1. The minimum atomic E-state index is -3.80. The van der Waals surface area contributed by atoms with Gasteiger partial charge in [0.15, 0.2) is 0 Å². The summed E-state index contributed by atoms with van der Waals surface area (Å²) in [5, 5.41) is 0. The van der Waals surface area contributed by atoms with Gasteiger partial charge in [-0.25, -0.2) is 17.2 Å². The number of amides is 1. The number of pyridine rings is 1. The molecule has 1 amide bonds. The van der Waals surface area contributed by atoms with Gasteiger partial charge in [0.2, 0.25) is 10.0 Å². The first-order chi connectivity index (χ1) is 16.3. The van der Waals surface area contributed by atoms with Crippen LogP contribution in [0.1, 0.15) is 42.2 Å². The molecule has 0 bridgehead atoms. The summed E-state index contributed by atoms with van der Waals surface area (Å²) >= 11 is 0. The van der Waals surface area contributed by atoms with E-state index in [0.717, 1.165) is 30.2 Å². The standard InChI is InChI=1S/C25H25F2N3O3S/c1-18-7-3-5-14-30(18)34(32,33)22-10-6-8-19(15-22)25(31)29(17-21-9-2-4-13-28-21)24-12-11-20(26)16-23(24)27/h2,4,6,8-13,15-16,18H,3,5,7,14,17H2,1H3. The molecule has 1 unspecified atom stereocenters. The molecule has 34 heavy (non-hydrogen) atoms. The number of aromatic nitrogens is 1. The molecule has 9 heteroatoms. The second kappa shape index (κ2) is 9.99. The SMILES string of the molecule is CC1CCCCN1S(=O)(=O)c1cccc(C(=O)N(Cc2ccccn2)c2ccc(F)cc2F)c1. The summed E-state index contributed by atoms with van der Waals surface area (Å²) in [6, 6.07) is 13.7. The van der Waals surface area contributed by atoms with Gasteiger partial charge in [-0.3, -0.25) is 14.7 Å². The van der Waals surface area contributed by atoms with E-state index in [9.17, 15) is 22.0 Å². The number of rotatable bonds is 6. The number of nitrogens with zero attached hydrogens (tertiary/aromatic N) is 3. The minimum Gasteiger partial charge on any atom is -0.299 e. The predicted molar refractivity (Wildman–Crippen MR) is 125 cm³/mol. The average molecular weight is 486 g/mol. The van der Waals surface area contributed by atoms with Crippen LogP contribution < -0.4 is 4.90 Å². The molecule has 1 saturated heterocycles. The van der Waals surface area contributed by atoms with Gasteiger partial charge in [-0.15, -0.1) is 0 Å². The molecule has 2 aromatic carbocycles. The van der Waals surface area contributed by atoms with E-state index in [1.54, 1.807) is 24.4 Å². The van der Waals surface area contributed by atoms with Gasteiger partial charge in [0.25, 0.3) is 5.91 Å². The van der Waals surface area contributed by atoms with Crippen molar-refractivity contribution in [2.24, 2.45) is 0 Å². The second-order valence-electron chi connectivity index (χ2n) is 8.30. The van der Waals surface area contributed by atoms with Crippen molar-refractivity contribution < 1.29 is 22.0 Å². The molecular weight excluding hydrogens is 460 g/mol. The van der Waals surface area contributed by atoms with E-state index in [-0.39, 0.29) is 28.7 Å². The zero-order chi connectivity index (χ0) is 24.3. The second-order valence-corrected chi connectivity index (χ2v) is 10.2. The summed E-state index contributed by atoms with van der Waals surface area (Å²) in [7, 11) is -3.80. The van der Waals surface area contributed by atoms with Crippen molar-refractivity contribution in [3.05, 3.63) is 89.8 Å². The number of carbonyl (C=O) groups is 1. The molecule has 6 nitrogen and oxygen atoms in total. The Morgan fingerprint density at radius 2 is 1.91 bits per heavy atom. The molecule has 0 aliphatic carbocycles. The zero-order valence-corrected chi connectivity index (χ0v) is 19.5. The quantitative estimate of drug-likeness (QED) is 0.504. The molecule has 0 radical (unpaired) electrons. The van der Waals surface area contributed by atoms with Crippen LogP contribution in [-0.2, 0) is 16.6 Å². The van der Waals surface area contributed by atoms with Gasteiger partial charge in [0, 0.05) is 30.4 Å². The largest absolute Gasteiger partial charge is 0.299 e. The Morgan fingerprint density at radius 3 is 2.62 bits per heavy atom. The Hall–Kier alpha value is -3.17. The fraction of sp³-hybridized carbons (Fsp3) is 0.280. The number of sulfonamides is 1. The third kappa shape index (κ3) is 5.00. The molecular formula is C25H25F2N3O3S. The van der Waals surface area contributed by atoms with Crippen LogP contribution in [-0.4, -0.2) is 36.2 Å². The summed E-state index contributed by atoms with van der Waals surface area (Å²) < 4.78 is 56.2. The Bertz CT molecular complexity index is 1290. The smallest absolute Gasteiger partial charge is 0.258 e. The Labute approximate surface area is 197 Å². The topological polar surface area (TPSA) is 70.6 Å². The number of hydrogen-bond donors (Lipinski definition) is 0. The van der Waals surface area contributed by atoms with Crippen LogP contribution in [0.15, 0.2) is 71.8 Å². The third-order valence-corrected chi connectivity index (χ3v) is 7.93. The van der Waals surface area contributed by atoms with Gasteiger partial charge in [0.1, 0.15) is 11.6 Å². The Morgan fingerprint density at radius 1 is 1.09 bits per heavy atom. The van der Waals surface area contributed by atoms with E-state index in [4.69, 9.17) is 0 Å². The van der Waals surface area contributed by atoms with Crippen LogP contribution in [0.4, 0.5) is 14.5 Å². The minimum absolute atomic E-state index is 0.00413. The molecule has 1 aliphatic rings. The number of hydrogen-bond acceptors (Lipinski definition) is 4. The van der Waals surface area contributed by atoms with E-state index in [1.807, 2.05) is 6.92 Å². The molecule has 1 atom stereocenters. The van der Waals surface area contributed by atoms with E-state index >= 15 is 0 Å². The van der Waals surface area contributed by atoms with Crippen molar-refractivity contribution in [2.45, 2.75) is 43.7 Å². The monoisotopic (exact) mass is 485 g/mol. The molecule has 3 aromatic rings. The van der Waals surface area contributed by atoms with Crippen LogP contribution in [0.2, 0.25) is 0 Å². The van der Waals surface area contributed by atoms with Gasteiger partial charge in [-0.05, 0) is 62.2 Å². The first-order valence-corrected chi connectivity index (χ1v) is 12.5. The lowest BCUT2D eigenvalue weighted by Crippen LogP contribution is -2.42. The van der Waals surface area contributed by atoms with E-state index in [1.165, 1.54) is 34.6 Å². The highest BCUT2D eigenvalue weighted by molar-refractivity contribution is 7.89. The first kappa shape index (κ1) is 24.0. The first-order valence-electron chi connectivity index (χ1n) is 11.1. The maximum Gasteiger partial charge on any atom is 0.258 e. The highest BCUT2D eigenvalue weighted by atomic mass is 32.2. The summed E-state index contributed by atoms with van der Waals surface area (Å²) in [6.45, 7) is 2.22. The summed E-state index contributed by atoms with van der Waals surface area (Å²) in [5.41, 5.74) is 0.436. The van der Waals surface area contributed by atoms with E-state index < -0.39 is 27.6 Å². The van der Waals surface area contributed by atoms with Gasteiger partial charge in [-0.1, -0.05) is 18.6 Å². The lowest BCUT2D eigenvalue weighted by atomic mass is 10.1. The zero-order valence-electron chi connectivity index (χ0n) is 18.7. The maximum absolute atomic E-state index is 14.7. The van der Waals surface area contributed by atoms with Crippen LogP contribution in [0.5, 0.6) is 0 Å². The number of benzene rings is 2. The fourth-order valence-electron chi connectivity index (χ4n) is 4.13. The van der Waals surface area contributed by atoms with Gasteiger partial charge >= 0.3 is 0 Å². The summed E-state index contributed by atoms with van der Waals surface area (Å²) in [5.74, 6) is -2.30. The molecule has 1 aromatic heterocycles. The number of carbonyl (C=O) groups excluding carboxylic acids is 1. The molecule has 0 saturated carbocycles. The Kier molecular flexibility index (Phi) is 7.04. The van der Waals surface area contributed by atoms with Crippen molar-refractivity contribution in [3.8, 4) is 0 Å². The van der Waals surface area contributed by atoms with Crippen molar-refractivity contribution in [2.75, 3.05) is 11.4 Å². The van der Waals surface area contributed by atoms with Crippen LogP contribution in [0.3, 0.4) is 0 Å². The summed E-state index contributed by atoms with van der Waals surface area (Å²) in [6.07, 6.45) is 4.08. The summed E-state index contributed by atoms with van der Waals surface area (Å²) in [4.78, 5) is 18.9. The lowest BCUT2D eigenvalue weighted by molar-refractivity contribution is 0.0983. The molecule has 0 spiro atoms. The molecule has 1 aliphatic heterocycles. The molecule has 4 rings (SSSR count). The van der Waals surface area contributed by atoms with Crippen LogP contribution in [0, 0.1) is 11.6 Å². The van der Waals surface area contributed by atoms with Crippen molar-refractivity contribution >= 4 is 21.6 Å². The van der Waals surface area contributed by atoms with E-state index in [2.05, 4.69) is 4.98 Å². The molecule has 2 heterocycles. The van der Waals surface area contributed by atoms with Gasteiger partial charge < -0.3 is 0 Å². The van der Waals surface area contributed by atoms with Gasteiger partial charge in [-0.2, -0.15) is 4.31 Å². The maximum atomic E-state index is 14.7. The Balaban J connectivity index is 1.72.